The highest BCUT2D eigenvalue weighted by atomic mass is 16.5. The van der Waals surface area contributed by atoms with E-state index in [-0.39, 0.29) is 0 Å². The Morgan fingerprint density at radius 3 is 2.31 bits per heavy atom. The quantitative estimate of drug-likeness (QED) is 0.333. The Bertz CT molecular complexity index is 892. The van der Waals surface area contributed by atoms with Crippen LogP contribution in [-0.2, 0) is 31.5 Å². The van der Waals surface area contributed by atoms with Crippen molar-refractivity contribution < 1.29 is 4.74 Å². The zero-order valence-corrected chi connectivity index (χ0v) is 17.0. The Balaban J connectivity index is 1.51. The van der Waals surface area contributed by atoms with Crippen molar-refractivity contribution in [2.24, 2.45) is 12.0 Å². The number of ether oxygens (including phenoxy) is 1. The van der Waals surface area contributed by atoms with Crippen LogP contribution in [0.4, 0.5) is 0 Å². The first kappa shape index (κ1) is 20.5. The zero-order valence-electron chi connectivity index (χ0n) is 17.0. The van der Waals surface area contributed by atoms with Crippen LogP contribution in [0.5, 0.6) is 0 Å². The minimum absolute atomic E-state index is 0.544. The largest absolute Gasteiger partial charge is 0.375 e. The first-order valence-electron chi connectivity index (χ1n) is 9.75. The number of rotatable bonds is 9. The van der Waals surface area contributed by atoms with Crippen LogP contribution >= 0.6 is 0 Å². The van der Waals surface area contributed by atoms with Crippen LogP contribution in [0, 0.1) is 6.92 Å². The van der Waals surface area contributed by atoms with Crippen molar-refractivity contribution in [3.8, 4) is 0 Å². The number of guanidine groups is 1. The van der Waals surface area contributed by atoms with Crippen molar-refractivity contribution in [1.82, 2.24) is 25.4 Å². The van der Waals surface area contributed by atoms with Crippen molar-refractivity contribution in [1.29, 1.82) is 0 Å². The van der Waals surface area contributed by atoms with E-state index >= 15 is 0 Å². The highest BCUT2D eigenvalue weighted by molar-refractivity contribution is 5.79. The van der Waals surface area contributed by atoms with Crippen LogP contribution in [0.2, 0.25) is 0 Å². The van der Waals surface area contributed by atoms with Gasteiger partial charge in [-0.15, -0.1) is 10.2 Å². The third-order valence-electron chi connectivity index (χ3n) is 4.51. The van der Waals surface area contributed by atoms with Crippen molar-refractivity contribution in [2.75, 3.05) is 13.2 Å². The maximum Gasteiger partial charge on any atom is 0.192 e. The summed E-state index contributed by atoms with van der Waals surface area (Å²) in [5.74, 6) is 2.46. The van der Waals surface area contributed by atoms with E-state index in [1.807, 2.05) is 54.9 Å². The molecule has 152 valence electrons. The lowest BCUT2D eigenvalue weighted by molar-refractivity contribution is 0.125. The second-order valence-electron chi connectivity index (χ2n) is 6.69. The Morgan fingerprint density at radius 2 is 1.66 bits per heavy atom. The van der Waals surface area contributed by atoms with E-state index in [1.165, 1.54) is 5.56 Å². The molecule has 0 aliphatic carbocycles. The summed E-state index contributed by atoms with van der Waals surface area (Å²) < 4.78 is 7.71. The summed E-state index contributed by atoms with van der Waals surface area (Å²) in [5, 5.41) is 14.9. The fourth-order valence-corrected chi connectivity index (χ4v) is 2.70. The summed E-state index contributed by atoms with van der Waals surface area (Å²) in [6, 6.07) is 20.3. The van der Waals surface area contributed by atoms with Gasteiger partial charge in [-0.1, -0.05) is 60.7 Å². The number of nitrogens with one attached hydrogen (secondary N) is 2. The SMILES string of the molecule is Cc1nnc(CNC(=NCc2ccccc2)NCCOCc2ccccc2)n1C. The van der Waals surface area contributed by atoms with Crippen LogP contribution in [0.3, 0.4) is 0 Å². The molecular weight excluding hydrogens is 364 g/mol. The van der Waals surface area contributed by atoms with Gasteiger partial charge in [-0.2, -0.15) is 0 Å². The number of benzene rings is 2. The monoisotopic (exact) mass is 392 g/mol. The second-order valence-corrected chi connectivity index (χ2v) is 6.69. The molecule has 2 N–H and O–H groups in total. The summed E-state index contributed by atoms with van der Waals surface area (Å²) in [6.45, 7) is 4.92. The van der Waals surface area contributed by atoms with Crippen LogP contribution in [0.25, 0.3) is 0 Å². The summed E-state index contributed by atoms with van der Waals surface area (Å²) >= 11 is 0. The van der Waals surface area contributed by atoms with Gasteiger partial charge < -0.3 is 19.9 Å². The van der Waals surface area contributed by atoms with Gasteiger partial charge in [-0.25, -0.2) is 4.99 Å². The molecule has 1 aromatic heterocycles. The van der Waals surface area contributed by atoms with E-state index in [0.717, 1.165) is 23.2 Å². The molecule has 2 aromatic carbocycles. The van der Waals surface area contributed by atoms with Crippen molar-refractivity contribution >= 4 is 5.96 Å². The van der Waals surface area contributed by atoms with Gasteiger partial charge in [-0.05, 0) is 18.1 Å². The molecule has 0 spiro atoms. The Morgan fingerprint density at radius 1 is 0.966 bits per heavy atom. The lowest BCUT2D eigenvalue weighted by Gasteiger charge is -2.13. The van der Waals surface area contributed by atoms with Crippen molar-refractivity contribution in [3.63, 3.8) is 0 Å². The molecule has 3 aromatic rings. The first-order valence-corrected chi connectivity index (χ1v) is 9.75. The van der Waals surface area contributed by atoms with Gasteiger partial charge in [0.2, 0.25) is 0 Å². The van der Waals surface area contributed by atoms with E-state index < -0.39 is 0 Å². The van der Waals surface area contributed by atoms with Crippen LogP contribution in [0.1, 0.15) is 22.8 Å². The summed E-state index contributed by atoms with van der Waals surface area (Å²) in [4.78, 5) is 4.68. The number of nitrogens with zero attached hydrogens (tertiary/aromatic N) is 4. The van der Waals surface area contributed by atoms with E-state index in [9.17, 15) is 0 Å². The first-order chi connectivity index (χ1) is 14.2. The smallest absolute Gasteiger partial charge is 0.192 e. The molecule has 0 amide bonds. The summed E-state index contributed by atoms with van der Waals surface area (Å²) in [7, 11) is 1.96. The maximum absolute atomic E-state index is 5.75. The molecule has 29 heavy (non-hydrogen) atoms. The fraction of sp³-hybridized carbons (Fsp3) is 0.318. The average molecular weight is 393 g/mol. The second kappa shape index (κ2) is 11.0. The lowest BCUT2D eigenvalue weighted by Crippen LogP contribution is -2.39. The molecular formula is C22H28N6O. The average Bonchev–Trinajstić information content (AvgIpc) is 3.08. The number of aryl methyl sites for hydroxylation is 1. The molecule has 0 unspecified atom stereocenters. The van der Waals surface area contributed by atoms with Crippen LogP contribution in [0.15, 0.2) is 65.7 Å². The van der Waals surface area contributed by atoms with Gasteiger partial charge in [0.15, 0.2) is 11.8 Å². The van der Waals surface area contributed by atoms with Crippen LogP contribution < -0.4 is 10.6 Å². The number of hydrogen-bond acceptors (Lipinski definition) is 4. The molecule has 0 fully saturated rings. The van der Waals surface area contributed by atoms with Gasteiger partial charge in [-0.3, -0.25) is 0 Å². The predicted molar refractivity (Wildman–Crippen MR) is 114 cm³/mol. The molecule has 0 bridgehead atoms. The van der Waals surface area contributed by atoms with Crippen molar-refractivity contribution in [3.05, 3.63) is 83.4 Å². The summed E-state index contributed by atoms with van der Waals surface area (Å²) in [5.41, 5.74) is 2.32. The molecule has 0 aliphatic rings. The van der Waals surface area contributed by atoms with E-state index in [0.29, 0.717) is 32.8 Å². The Hall–Kier alpha value is -3.19. The van der Waals surface area contributed by atoms with Crippen molar-refractivity contribution in [2.45, 2.75) is 26.6 Å². The molecule has 0 atom stereocenters. The molecule has 0 aliphatic heterocycles. The van der Waals surface area contributed by atoms with Gasteiger partial charge in [0, 0.05) is 13.6 Å². The molecule has 0 radical (unpaired) electrons. The topological polar surface area (TPSA) is 76.4 Å². The Kier molecular flexibility index (Phi) is 7.77. The highest BCUT2D eigenvalue weighted by Gasteiger charge is 2.06. The van der Waals surface area contributed by atoms with E-state index in [2.05, 4.69) is 50.1 Å². The van der Waals surface area contributed by atoms with Crippen LogP contribution in [-0.4, -0.2) is 33.9 Å². The predicted octanol–water partition coefficient (Wildman–Crippen LogP) is 2.58. The number of aliphatic imine (C=N–C) groups is 1. The zero-order chi connectivity index (χ0) is 20.3. The molecule has 7 nitrogen and oxygen atoms in total. The van der Waals surface area contributed by atoms with Gasteiger partial charge in [0.25, 0.3) is 0 Å². The minimum Gasteiger partial charge on any atom is -0.375 e. The summed E-state index contributed by atoms with van der Waals surface area (Å²) in [6.07, 6.45) is 0. The standard InChI is InChI=1S/C22H28N6O/c1-18-26-27-21(28(18)2)16-25-22(24-15-19-9-5-3-6-10-19)23-13-14-29-17-20-11-7-4-8-12-20/h3-12H,13-17H2,1-2H3,(H2,23,24,25). The Labute approximate surface area is 171 Å². The number of aromatic nitrogens is 3. The fourth-order valence-electron chi connectivity index (χ4n) is 2.70. The molecule has 3 rings (SSSR count). The van der Waals surface area contributed by atoms with Gasteiger partial charge in [0.05, 0.1) is 26.3 Å². The maximum atomic E-state index is 5.75. The molecule has 1 heterocycles. The normalized spacial score (nSPS) is 11.4. The van der Waals surface area contributed by atoms with E-state index in [1.54, 1.807) is 0 Å². The minimum atomic E-state index is 0.544. The highest BCUT2D eigenvalue weighted by Crippen LogP contribution is 2.01. The lowest BCUT2D eigenvalue weighted by atomic mass is 10.2. The molecule has 0 saturated carbocycles. The molecule has 0 saturated heterocycles. The molecule has 7 heteroatoms. The van der Waals surface area contributed by atoms with Gasteiger partial charge >= 0.3 is 0 Å². The van der Waals surface area contributed by atoms with E-state index in [4.69, 9.17) is 4.74 Å². The third-order valence-corrected chi connectivity index (χ3v) is 4.51. The number of hydrogen-bond donors (Lipinski definition) is 2. The van der Waals surface area contributed by atoms with Gasteiger partial charge in [0.1, 0.15) is 5.82 Å². The third kappa shape index (κ3) is 6.73.